The number of nitrogens with one attached hydrogen (secondary N) is 1. The van der Waals surface area contributed by atoms with Gasteiger partial charge in [0.2, 0.25) is 0 Å². The monoisotopic (exact) mass is 322 g/mol. The molecular formula is C20H22N2O2. The third-order valence-electron chi connectivity index (χ3n) is 3.35. The molecule has 0 unspecified atom stereocenters. The molecule has 4 heteroatoms. The SMILES string of the molecule is CCc1ccc(OCC(=O)N/N=C\C(C)=C\c2ccccc2)cc1. The maximum Gasteiger partial charge on any atom is 0.277 e. The Morgan fingerprint density at radius 1 is 1.12 bits per heavy atom. The van der Waals surface area contributed by atoms with Crippen molar-refractivity contribution < 1.29 is 9.53 Å². The van der Waals surface area contributed by atoms with Gasteiger partial charge in [0.1, 0.15) is 5.75 Å². The molecule has 0 bridgehead atoms. The smallest absolute Gasteiger partial charge is 0.277 e. The number of allylic oxidation sites excluding steroid dienone is 1. The molecule has 0 aliphatic rings. The van der Waals surface area contributed by atoms with Crippen molar-refractivity contribution in [3.8, 4) is 5.75 Å². The molecule has 0 aromatic heterocycles. The van der Waals surface area contributed by atoms with Crippen molar-refractivity contribution >= 4 is 18.2 Å². The summed E-state index contributed by atoms with van der Waals surface area (Å²) >= 11 is 0. The van der Waals surface area contributed by atoms with E-state index in [0.717, 1.165) is 17.6 Å². The van der Waals surface area contributed by atoms with Crippen LogP contribution in [-0.2, 0) is 11.2 Å². The van der Waals surface area contributed by atoms with E-state index in [-0.39, 0.29) is 12.5 Å². The normalized spacial score (nSPS) is 11.5. The van der Waals surface area contributed by atoms with Crippen molar-refractivity contribution in [1.29, 1.82) is 0 Å². The van der Waals surface area contributed by atoms with Crippen molar-refractivity contribution in [3.63, 3.8) is 0 Å². The van der Waals surface area contributed by atoms with Crippen molar-refractivity contribution in [3.05, 3.63) is 71.3 Å². The molecule has 124 valence electrons. The third kappa shape index (κ3) is 6.08. The first-order valence-electron chi connectivity index (χ1n) is 7.94. The summed E-state index contributed by atoms with van der Waals surface area (Å²) in [6.45, 7) is 3.95. The average Bonchev–Trinajstić information content (AvgIpc) is 2.61. The number of hydrogen-bond acceptors (Lipinski definition) is 3. The Balaban J connectivity index is 1.76. The molecule has 2 aromatic carbocycles. The number of rotatable bonds is 7. The number of aryl methyl sites for hydroxylation is 1. The molecule has 24 heavy (non-hydrogen) atoms. The minimum absolute atomic E-state index is 0.0652. The molecular weight excluding hydrogens is 300 g/mol. The second-order valence-electron chi connectivity index (χ2n) is 5.38. The maximum absolute atomic E-state index is 11.7. The summed E-state index contributed by atoms with van der Waals surface area (Å²) in [5.74, 6) is 0.379. The lowest BCUT2D eigenvalue weighted by atomic mass is 10.1. The molecule has 0 saturated heterocycles. The van der Waals surface area contributed by atoms with Crippen molar-refractivity contribution in [1.82, 2.24) is 5.43 Å². The van der Waals surface area contributed by atoms with Crippen molar-refractivity contribution in [2.45, 2.75) is 20.3 Å². The summed E-state index contributed by atoms with van der Waals surface area (Å²) in [6, 6.07) is 17.6. The van der Waals surface area contributed by atoms with Crippen LogP contribution in [0.4, 0.5) is 0 Å². The molecule has 1 N–H and O–H groups in total. The topological polar surface area (TPSA) is 50.7 Å². The Bertz CT molecular complexity index is 704. The number of hydrogen-bond donors (Lipinski definition) is 1. The number of hydrazone groups is 1. The van der Waals surface area contributed by atoms with Gasteiger partial charge in [-0.05, 0) is 42.2 Å². The van der Waals surface area contributed by atoms with Gasteiger partial charge in [-0.25, -0.2) is 5.43 Å². The van der Waals surface area contributed by atoms with Crippen LogP contribution >= 0.6 is 0 Å². The molecule has 1 amide bonds. The molecule has 4 nitrogen and oxygen atoms in total. The van der Waals surface area contributed by atoms with Gasteiger partial charge in [0.05, 0.1) is 6.21 Å². The first kappa shape index (κ1) is 17.5. The first-order valence-corrected chi connectivity index (χ1v) is 7.94. The van der Waals surface area contributed by atoms with Crippen LogP contribution in [0, 0.1) is 0 Å². The van der Waals surface area contributed by atoms with E-state index in [4.69, 9.17) is 4.74 Å². The van der Waals surface area contributed by atoms with E-state index in [2.05, 4.69) is 17.5 Å². The van der Waals surface area contributed by atoms with E-state index in [1.165, 1.54) is 5.56 Å². The molecule has 0 spiro atoms. The van der Waals surface area contributed by atoms with Crippen molar-refractivity contribution in [2.75, 3.05) is 6.61 Å². The molecule has 0 atom stereocenters. The van der Waals surface area contributed by atoms with E-state index in [9.17, 15) is 4.79 Å². The van der Waals surface area contributed by atoms with Gasteiger partial charge < -0.3 is 4.74 Å². The molecule has 2 rings (SSSR count). The largest absolute Gasteiger partial charge is 0.484 e. The standard InChI is InChI=1S/C20H22N2O2/c1-3-17-9-11-19(12-10-17)24-15-20(23)22-21-14-16(2)13-18-7-5-4-6-8-18/h4-14H,3,15H2,1-2H3,(H,22,23)/b16-13+,21-14-. The Morgan fingerprint density at radius 2 is 1.83 bits per heavy atom. The number of carbonyl (C=O) groups excluding carboxylic acids is 1. The van der Waals surface area contributed by atoms with Gasteiger partial charge in [-0.1, -0.05) is 55.5 Å². The molecule has 0 aliphatic carbocycles. The number of carbonyl (C=O) groups is 1. The molecule has 0 aliphatic heterocycles. The van der Waals surface area contributed by atoms with Crippen LogP contribution in [0.2, 0.25) is 0 Å². The highest BCUT2D eigenvalue weighted by Gasteiger charge is 2.01. The fourth-order valence-corrected chi connectivity index (χ4v) is 2.06. The minimum Gasteiger partial charge on any atom is -0.484 e. The number of benzene rings is 2. The summed E-state index contributed by atoms with van der Waals surface area (Å²) < 4.78 is 5.42. The van der Waals surface area contributed by atoms with Crippen LogP contribution in [0.5, 0.6) is 5.75 Å². The zero-order chi connectivity index (χ0) is 17.2. The lowest BCUT2D eigenvalue weighted by Crippen LogP contribution is -2.24. The fraction of sp³-hybridized carbons (Fsp3) is 0.200. The van der Waals surface area contributed by atoms with Crippen LogP contribution in [0.3, 0.4) is 0 Å². The highest BCUT2D eigenvalue weighted by molar-refractivity contribution is 5.86. The van der Waals surface area contributed by atoms with E-state index in [0.29, 0.717) is 5.75 Å². The Labute approximate surface area is 142 Å². The van der Waals surface area contributed by atoms with E-state index in [1.54, 1.807) is 6.21 Å². The molecule has 0 fully saturated rings. The Kier molecular flexibility index (Phi) is 6.77. The number of nitrogens with zero attached hydrogens (tertiary/aromatic N) is 1. The van der Waals surface area contributed by atoms with Gasteiger partial charge in [0, 0.05) is 0 Å². The summed E-state index contributed by atoms with van der Waals surface area (Å²) in [7, 11) is 0. The summed E-state index contributed by atoms with van der Waals surface area (Å²) in [5.41, 5.74) is 5.72. The molecule has 0 radical (unpaired) electrons. The second kappa shape index (κ2) is 9.30. The van der Waals surface area contributed by atoms with E-state index < -0.39 is 0 Å². The van der Waals surface area contributed by atoms with Gasteiger partial charge >= 0.3 is 0 Å². The van der Waals surface area contributed by atoms with Gasteiger partial charge in [-0.15, -0.1) is 0 Å². The predicted molar refractivity (Wildman–Crippen MR) is 98.0 cm³/mol. The highest BCUT2D eigenvalue weighted by Crippen LogP contribution is 2.12. The number of ether oxygens (including phenoxy) is 1. The summed E-state index contributed by atoms with van der Waals surface area (Å²) in [5, 5.41) is 3.93. The molecule has 0 heterocycles. The zero-order valence-corrected chi connectivity index (χ0v) is 14.0. The number of amides is 1. The Hall–Kier alpha value is -2.88. The van der Waals surface area contributed by atoms with Crippen LogP contribution in [0.25, 0.3) is 6.08 Å². The lowest BCUT2D eigenvalue weighted by molar-refractivity contribution is -0.123. The van der Waals surface area contributed by atoms with Crippen LogP contribution in [-0.4, -0.2) is 18.7 Å². The Morgan fingerprint density at radius 3 is 2.50 bits per heavy atom. The summed E-state index contributed by atoms with van der Waals surface area (Å²) in [6.07, 6.45) is 4.58. The zero-order valence-electron chi connectivity index (χ0n) is 14.0. The second-order valence-corrected chi connectivity index (χ2v) is 5.38. The molecule has 0 saturated carbocycles. The van der Waals surface area contributed by atoms with Gasteiger partial charge in [0.15, 0.2) is 6.61 Å². The lowest BCUT2D eigenvalue weighted by Gasteiger charge is -2.05. The van der Waals surface area contributed by atoms with Gasteiger partial charge in [0.25, 0.3) is 5.91 Å². The van der Waals surface area contributed by atoms with Gasteiger partial charge in [-0.3, -0.25) is 4.79 Å². The molecule has 2 aromatic rings. The quantitative estimate of drug-likeness (QED) is 0.622. The van der Waals surface area contributed by atoms with E-state index in [1.807, 2.05) is 67.6 Å². The first-order chi connectivity index (χ1) is 11.7. The highest BCUT2D eigenvalue weighted by atomic mass is 16.5. The van der Waals surface area contributed by atoms with E-state index >= 15 is 0 Å². The van der Waals surface area contributed by atoms with Crippen LogP contribution in [0.1, 0.15) is 25.0 Å². The third-order valence-corrected chi connectivity index (χ3v) is 3.35. The minimum atomic E-state index is -0.293. The average molecular weight is 322 g/mol. The van der Waals surface area contributed by atoms with Crippen LogP contribution < -0.4 is 10.2 Å². The summed E-state index contributed by atoms with van der Waals surface area (Å²) in [4.78, 5) is 11.7. The van der Waals surface area contributed by atoms with Gasteiger partial charge in [-0.2, -0.15) is 5.10 Å². The fourth-order valence-electron chi connectivity index (χ4n) is 2.06. The van der Waals surface area contributed by atoms with Crippen LogP contribution in [0.15, 0.2) is 65.3 Å². The predicted octanol–water partition coefficient (Wildman–Crippen LogP) is 3.83. The van der Waals surface area contributed by atoms with Crippen molar-refractivity contribution in [2.24, 2.45) is 5.10 Å². The maximum atomic E-state index is 11.7.